The number of aromatic amines is 1. The lowest BCUT2D eigenvalue weighted by molar-refractivity contribution is 0.386. The van der Waals surface area contributed by atoms with Crippen LogP contribution in [0.5, 0.6) is 5.75 Å². The second-order valence-corrected chi connectivity index (χ2v) is 8.59. The summed E-state index contributed by atoms with van der Waals surface area (Å²) in [5, 5.41) is 0.263. The van der Waals surface area contributed by atoms with Gasteiger partial charge in [-0.2, -0.15) is 4.31 Å². The van der Waals surface area contributed by atoms with E-state index in [2.05, 4.69) is 9.97 Å². The van der Waals surface area contributed by atoms with Crippen LogP contribution in [0.3, 0.4) is 0 Å². The SMILES string of the molecule is CCN(CC)S(=O)(=O)c1ccc2nc(/C(Cl)=C/c3ccc(OC)c(F)c3)[nH]c2c1. The molecule has 0 fully saturated rings. The Morgan fingerprint density at radius 1 is 1.24 bits per heavy atom. The maximum atomic E-state index is 13.9. The molecule has 0 aliphatic rings. The summed E-state index contributed by atoms with van der Waals surface area (Å²) in [5.74, 6) is 0.000745. The largest absolute Gasteiger partial charge is 0.494 e. The number of nitrogens with one attached hydrogen (secondary N) is 1. The normalized spacial score (nSPS) is 12.7. The molecule has 0 saturated heterocycles. The van der Waals surface area contributed by atoms with Crippen molar-refractivity contribution < 1.29 is 17.5 Å². The molecule has 3 aromatic rings. The first-order chi connectivity index (χ1) is 13.8. The molecule has 0 saturated carbocycles. The quantitative estimate of drug-likeness (QED) is 0.591. The van der Waals surface area contributed by atoms with Gasteiger partial charge in [0.05, 0.1) is 28.1 Å². The highest BCUT2D eigenvalue weighted by atomic mass is 35.5. The summed E-state index contributed by atoms with van der Waals surface area (Å²) in [4.78, 5) is 7.60. The van der Waals surface area contributed by atoms with Gasteiger partial charge in [0.2, 0.25) is 10.0 Å². The van der Waals surface area contributed by atoms with Gasteiger partial charge in [0.15, 0.2) is 11.6 Å². The number of rotatable bonds is 7. The van der Waals surface area contributed by atoms with Crippen molar-refractivity contribution in [2.75, 3.05) is 20.2 Å². The van der Waals surface area contributed by atoms with Crippen molar-refractivity contribution in [1.29, 1.82) is 0 Å². The van der Waals surface area contributed by atoms with Crippen LogP contribution in [0, 0.1) is 5.82 Å². The number of hydrogen-bond acceptors (Lipinski definition) is 4. The maximum Gasteiger partial charge on any atom is 0.243 e. The number of ether oxygens (including phenoxy) is 1. The second-order valence-electron chi connectivity index (χ2n) is 6.24. The zero-order chi connectivity index (χ0) is 21.2. The number of halogens is 2. The minimum Gasteiger partial charge on any atom is -0.494 e. The highest BCUT2D eigenvalue weighted by Crippen LogP contribution is 2.26. The van der Waals surface area contributed by atoms with Gasteiger partial charge in [0.1, 0.15) is 5.82 Å². The zero-order valence-electron chi connectivity index (χ0n) is 16.2. The molecule has 0 aliphatic carbocycles. The van der Waals surface area contributed by atoms with E-state index in [4.69, 9.17) is 16.3 Å². The summed E-state index contributed by atoms with van der Waals surface area (Å²) in [6, 6.07) is 9.17. The van der Waals surface area contributed by atoms with Crippen molar-refractivity contribution in [2.24, 2.45) is 0 Å². The van der Waals surface area contributed by atoms with Gasteiger partial charge < -0.3 is 9.72 Å². The third-order valence-electron chi connectivity index (χ3n) is 4.49. The lowest BCUT2D eigenvalue weighted by Gasteiger charge is -2.18. The van der Waals surface area contributed by atoms with Crippen LogP contribution in [0.4, 0.5) is 4.39 Å². The maximum absolute atomic E-state index is 13.9. The molecule has 0 unspecified atom stereocenters. The van der Waals surface area contributed by atoms with Gasteiger partial charge in [0, 0.05) is 13.1 Å². The molecule has 9 heteroatoms. The Bertz CT molecular complexity index is 1170. The van der Waals surface area contributed by atoms with Crippen LogP contribution < -0.4 is 4.74 Å². The second kappa shape index (κ2) is 8.52. The number of methoxy groups -OCH3 is 1. The van der Waals surface area contributed by atoms with Crippen LogP contribution in [0.1, 0.15) is 25.2 Å². The Kier molecular flexibility index (Phi) is 6.26. The predicted molar refractivity (Wildman–Crippen MR) is 113 cm³/mol. The number of hydrogen-bond donors (Lipinski definition) is 1. The summed E-state index contributed by atoms with van der Waals surface area (Å²) in [6.07, 6.45) is 1.56. The third-order valence-corrected chi connectivity index (χ3v) is 6.83. The van der Waals surface area contributed by atoms with Gasteiger partial charge in [-0.3, -0.25) is 0 Å². The molecular weight excluding hydrogens is 417 g/mol. The highest BCUT2D eigenvalue weighted by Gasteiger charge is 2.22. The first-order valence-electron chi connectivity index (χ1n) is 9.01. The number of benzene rings is 2. The molecule has 3 rings (SSSR count). The Morgan fingerprint density at radius 3 is 2.59 bits per heavy atom. The Hall–Kier alpha value is -2.42. The molecule has 0 spiro atoms. The fraction of sp³-hybridized carbons (Fsp3) is 0.250. The van der Waals surface area contributed by atoms with Crippen LogP contribution in [0.15, 0.2) is 41.3 Å². The number of fused-ring (bicyclic) bond motifs is 1. The predicted octanol–water partition coefficient (Wildman–Crippen LogP) is 4.48. The fourth-order valence-corrected chi connectivity index (χ4v) is 4.66. The molecular formula is C20H21ClFN3O3S. The van der Waals surface area contributed by atoms with Crippen molar-refractivity contribution in [1.82, 2.24) is 14.3 Å². The third kappa shape index (κ3) is 4.29. The van der Waals surface area contributed by atoms with E-state index < -0.39 is 15.8 Å². The number of imidazole rings is 1. The lowest BCUT2D eigenvalue weighted by Crippen LogP contribution is -2.30. The molecule has 1 N–H and O–H groups in total. The minimum absolute atomic E-state index is 0.143. The average molecular weight is 438 g/mol. The molecule has 29 heavy (non-hydrogen) atoms. The number of H-pyrrole nitrogens is 1. The summed E-state index contributed by atoms with van der Waals surface area (Å²) < 4.78 is 45.6. The molecule has 0 aliphatic heterocycles. The van der Waals surface area contributed by atoms with Gasteiger partial charge in [0.25, 0.3) is 0 Å². The highest BCUT2D eigenvalue weighted by molar-refractivity contribution is 7.89. The molecule has 1 aromatic heterocycles. The van der Waals surface area contributed by atoms with Crippen LogP contribution >= 0.6 is 11.6 Å². The Balaban J connectivity index is 1.96. The van der Waals surface area contributed by atoms with Crippen LogP contribution in [-0.4, -0.2) is 42.9 Å². The smallest absolute Gasteiger partial charge is 0.243 e. The van der Waals surface area contributed by atoms with Crippen molar-refractivity contribution in [3.63, 3.8) is 0 Å². The molecule has 6 nitrogen and oxygen atoms in total. The van der Waals surface area contributed by atoms with Crippen molar-refractivity contribution in [3.05, 3.63) is 53.6 Å². The van der Waals surface area contributed by atoms with Gasteiger partial charge in [-0.05, 0) is 42.0 Å². The molecule has 0 amide bonds. The Labute approximate surface area is 174 Å². The first kappa shape index (κ1) is 21.3. The van der Waals surface area contributed by atoms with Gasteiger partial charge in [-0.1, -0.05) is 31.5 Å². The minimum atomic E-state index is -3.58. The molecule has 0 atom stereocenters. The van der Waals surface area contributed by atoms with E-state index in [-0.39, 0.29) is 15.7 Å². The summed E-state index contributed by atoms with van der Waals surface area (Å²) in [5.41, 5.74) is 1.66. The molecule has 0 bridgehead atoms. The van der Waals surface area contributed by atoms with E-state index >= 15 is 0 Å². The van der Waals surface area contributed by atoms with E-state index in [1.54, 1.807) is 32.1 Å². The van der Waals surface area contributed by atoms with E-state index in [9.17, 15) is 12.8 Å². The van der Waals surface area contributed by atoms with Crippen molar-refractivity contribution >= 4 is 43.8 Å². The number of sulfonamides is 1. The van der Waals surface area contributed by atoms with Crippen molar-refractivity contribution in [3.8, 4) is 5.75 Å². The summed E-state index contributed by atoms with van der Waals surface area (Å²) in [7, 11) is -2.19. The van der Waals surface area contributed by atoms with Crippen LogP contribution in [0.2, 0.25) is 0 Å². The first-order valence-corrected chi connectivity index (χ1v) is 10.8. The van der Waals surface area contributed by atoms with Gasteiger partial charge in [-0.25, -0.2) is 17.8 Å². The monoisotopic (exact) mass is 437 g/mol. The zero-order valence-corrected chi connectivity index (χ0v) is 17.8. The lowest BCUT2D eigenvalue weighted by atomic mass is 10.2. The molecule has 154 valence electrons. The van der Waals surface area contributed by atoms with Crippen molar-refractivity contribution in [2.45, 2.75) is 18.7 Å². The van der Waals surface area contributed by atoms with E-state index in [1.165, 1.54) is 35.7 Å². The van der Waals surface area contributed by atoms with E-state index in [1.807, 2.05) is 0 Å². The molecule has 0 radical (unpaired) electrons. The Morgan fingerprint density at radius 2 is 1.97 bits per heavy atom. The summed E-state index contributed by atoms with van der Waals surface area (Å²) >= 11 is 6.35. The van der Waals surface area contributed by atoms with Gasteiger partial charge >= 0.3 is 0 Å². The number of aromatic nitrogens is 2. The average Bonchev–Trinajstić information content (AvgIpc) is 3.12. The van der Waals surface area contributed by atoms with Crippen LogP contribution in [-0.2, 0) is 10.0 Å². The van der Waals surface area contributed by atoms with E-state index in [0.29, 0.717) is 35.5 Å². The van der Waals surface area contributed by atoms with E-state index in [0.717, 1.165) is 0 Å². The molecule has 1 heterocycles. The summed E-state index contributed by atoms with van der Waals surface area (Å²) in [6.45, 7) is 4.36. The molecule has 2 aromatic carbocycles. The topological polar surface area (TPSA) is 75.3 Å². The standard InChI is InChI=1S/C20H21ClFN3O3S/c1-4-25(5-2)29(26,27)14-7-8-17-18(12-14)24-20(23-17)15(21)10-13-6-9-19(28-3)16(22)11-13/h6-12H,4-5H2,1-3H3,(H,23,24)/b15-10-. The fourth-order valence-electron chi connectivity index (χ4n) is 2.96. The van der Waals surface area contributed by atoms with Gasteiger partial charge in [-0.15, -0.1) is 0 Å². The number of nitrogens with zero attached hydrogens (tertiary/aromatic N) is 2. The van der Waals surface area contributed by atoms with Crippen LogP contribution in [0.25, 0.3) is 22.1 Å².